The predicted molar refractivity (Wildman–Crippen MR) is 72.8 cm³/mol. The van der Waals surface area contributed by atoms with Crippen molar-refractivity contribution in [1.29, 1.82) is 0 Å². The first-order valence-electron chi connectivity index (χ1n) is 5.37. The standard InChI is InChI=1S/C11H15Cl2NO3S/c1-7-6-9(12)8(2)11(10(7)13)18(16,17)14-4-3-5-15/h6,14-15H,3-5H2,1-2H3. The van der Waals surface area contributed by atoms with Crippen LogP contribution in [0.4, 0.5) is 0 Å². The fourth-order valence-corrected chi connectivity index (χ4v) is 3.77. The average molecular weight is 312 g/mol. The zero-order chi connectivity index (χ0) is 13.9. The number of aliphatic hydroxyl groups is 1. The Balaban J connectivity index is 3.24. The second-order valence-electron chi connectivity index (χ2n) is 3.92. The molecule has 0 unspecified atom stereocenters. The van der Waals surface area contributed by atoms with Crippen LogP contribution in [0.15, 0.2) is 11.0 Å². The van der Waals surface area contributed by atoms with E-state index in [4.69, 9.17) is 28.3 Å². The lowest BCUT2D eigenvalue weighted by molar-refractivity contribution is 0.289. The lowest BCUT2D eigenvalue weighted by Gasteiger charge is -2.13. The van der Waals surface area contributed by atoms with Crippen LogP contribution in [-0.4, -0.2) is 26.7 Å². The Hall–Kier alpha value is -0.330. The largest absolute Gasteiger partial charge is 0.396 e. The maximum absolute atomic E-state index is 12.1. The van der Waals surface area contributed by atoms with Gasteiger partial charge in [-0.25, -0.2) is 13.1 Å². The second-order valence-corrected chi connectivity index (χ2v) is 6.41. The molecule has 7 heteroatoms. The van der Waals surface area contributed by atoms with E-state index in [1.54, 1.807) is 19.9 Å². The monoisotopic (exact) mass is 311 g/mol. The summed E-state index contributed by atoms with van der Waals surface area (Å²) in [6.07, 6.45) is 0.343. The minimum atomic E-state index is -3.72. The number of aliphatic hydroxyl groups excluding tert-OH is 1. The molecule has 1 rings (SSSR count). The first kappa shape index (κ1) is 15.7. The predicted octanol–water partition coefficient (Wildman–Crippen LogP) is 2.27. The van der Waals surface area contributed by atoms with Crippen LogP contribution in [0, 0.1) is 13.8 Å². The van der Waals surface area contributed by atoms with Crippen molar-refractivity contribution in [2.45, 2.75) is 25.2 Å². The number of sulfonamides is 1. The molecule has 0 amide bonds. The molecule has 0 bridgehead atoms. The molecule has 0 saturated carbocycles. The highest BCUT2D eigenvalue weighted by atomic mass is 35.5. The van der Waals surface area contributed by atoms with Gasteiger partial charge in [-0.2, -0.15) is 0 Å². The number of halogens is 2. The number of nitrogens with one attached hydrogen (secondary N) is 1. The summed E-state index contributed by atoms with van der Waals surface area (Å²) in [6, 6.07) is 1.63. The zero-order valence-electron chi connectivity index (χ0n) is 10.1. The lowest BCUT2D eigenvalue weighted by atomic mass is 10.2. The van der Waals surface area contributed by atoms with Crippen molar-refractivity contribution in [3.63, 3.8) is 0 Å². The number of aryl methyl sites for hydroxylation is 1. The number of rotatable bonds is 5. The van der Waals surface area contributed by atoms with E-state index >= 15 is 0 Å². The van der Waals surface area contributed by atoms with Gasteiger partial charge in [-0.3, -0.25) is 0 Å². The SMILES string of the molecule is Cc1cc(Cl)c(C)c(S(=O)(=O)NCCCO)c1Cl. The van der Waals surface area contributed by atoms with Crippen molar-refractivity contribution >= 4 is 33.2 Å². The van der Waals surface area contributed by atoms with Crippen LogP contribution in [0.2, 0.25) is 10.0 Å². The van der Waals surface area contributed by atoms with Crippen molar-refractivity contribution in [3.8, 4) is 0 Å². The van der Waals surface area contributed by atoms with Gasteiger partial charge < -0.3 is 5.11 Å². The first-order valence-corrected chi connectivity index (χ1v) is 7.61. The molecule has 102 valence electrons. The highest BCUT2D eigenvalue weighted by molar-refractivity contribution is 7.89. The van der Waals surface area contributed by atoms with Gasteiger partial charge in [0.25, 0.3) is 0 Å². The van der Waals surface area contributed by atoms with Gasteiger partial charge in [0.05, 0.1) is 5.02 Å². The van der Waals surface area contributed by atoms with Gasteiger partial charge in [-0.05, 0) is 37.5 Å². The van der Waals surface area contributed by atoms with E-state index in [0.29, 0.717) is 22.6 Å². The van der Waals surface area contributed by atoms with Crippen molar-refractivity contribution in [3.05, 3.63) is 27.2 Å². The third kappa shape index (κ3) is 3.36. The summed E-state index contributed by atoms with van der Waals surface area (Å²) in [5, 5.41) is 9.18. The van der Waals surface area contributed by atoms with E-state index in [9.17, 15) is 8.42 Å². The van der Waals surface area contributed by atoms with E-state index in [0.717, 1.165) is 0 Å². The highest BCUT2D eigenvalue weighted by Gasteiger charge is 2.23. The molecule has 0 aromatic heterocycles. The minimum absolute atomic E-state index is 0.00658. The topological polar surface area (TPSA) is 66.4 Å². The van der Waals surface area contributed by atoms with Crippen LogP contribution >= 0.6 is 23.2 Å². The number of hydrogen-bond donors (Lipinski definition) is 2. The fourth-order valence-electron chi connectivity index (χ4n) is 1.49. The molecule has 4 nitrogen and oxygen atoms in total. The first-order chi connectivity index (χ1) is 8.31. The van der Waals surface area contributed by atoms with Gasteiger partial charge in [0.15, 0.2) is 0 Å². The van der Waals surface area contributed by atoms with Gasteiger partial charge in [-0.15, -0.1) is 0 Å². The van der Waals surface area contributed by atoms with Gasteiger partial charge >= 0.3 is 0 Å². The van der Waals surface area contributed by atoms with Crippen molar-refractivity contribution in [2.75, 3.05) is 13.2 Å². The third-order valence-corrected chi connectivity index (χ3v) is 5.11. The smallest absolute Gasteiger partial charge is 0.242 e. The number of benzene rings is 1. The summed E-state index contributed by atoms with van der Waals surface area (Å²) in [5.74, 6) is 0. The van der Waals surface area contributed by atoms with E-state index in [-0.39, 0.29) is 23.1 Å². The average Bonchev–Trinajstić information content (AvgIpc) is 2.26. The lowest BCUT2D eigenvalue weighted by Crippen LogP contribution is -2.26. The zero-order valence-corrected chi connectivity index (χ0v) is 12.5. The normalized spacial score (nSPS) is 11.8. The Morgan fingerprint density at radius 2 is 1.94 bits per heavy atom. The van der Waals surface area contributed by atoms with Crippen LogP contribution in [0.25, 0.3) is 0 Å². The Kier molecular flexibility index (Phi) is 5.43. The van der Waals surface area contributed by atoms with Crippen molar-refractivity contribution in [2.24, 2.45) is 0 Å². The van der Waals surface area contributed by atoms with E-state index in [1.165, 1.54) is 0 Å². The van der Waals surface area contributed by atoms with Gasteiger partial charge in [0, 0.05) is 18.2 Å². The molecule has 0 heterocycles. The maximum atomic E-state index is 12.1. The van der Waals surface area contributed by atoms with E-state index in [1.807, 2.05) is 0 Å². The van der Waals surface area contributed by atoms with Crippen LogP contribution in [0.3, 0.4) is 0 Å². The van der Waals surface area contributed by atoms with Gasteiger partial charge in [-0.1, -0.05) is 23.2 Å². The Morgan fingerprint density at radius 3 is 2.50 bits per heavy atom. The molecule has 0 aliphatic rings. The van der Waals surface area contributed by atoms with Gasteiger partial charge in [0.1, 0.15) is 4.90 Å². The van der Waals surface area contributed by atoms with E-state index in [2.05, 4.69) is 4.72 Å². The summed E-state index contributed by atoms with van der Waals surface area (Å²) < 4.78 is 26.6. The molecule has 0 atom stereocenters. The fraction of sp³-hybridized carbons (Fsp3) is 0.455. The maximum Gasteiger partial charge on any atom is 0.242 e. The Bertz CT molecular complexity index is 517. The summed E-state index contributed by atoms with van der Waals surface area (Å²) in [6.45, 7) is 3.37. The molecule has 1 aromatic rings. The molecular weight excluding hydrogens is 297 g/mol. The van der Waals surface area contributed by atoms with Crippen LogP contribution < -0.4 is 4.72 Å². The molecule has 0 aliphatic carbocycles. The summed E-state index contributed by atoms with van der Waals surface area (Å²) >= 11 is 12.0. The molecule has 0 saturated heterocycles. The second kappa shape index (κ2) is 6.21. The molecule has 2 N–H and O–H groups in total. The van der Waals surface area contributed by atoms with Crippen LogP contribution in [0.5, 0.6) is 0 Å². The van der Waals surface area contributed by atoms with Crippen LogP contribution in [0.1, 0.15) is 17.5 Å². The van der Waals surface area contributed by atoms with E-state index < -0.39 is 10.0 Å². The molecule has 0 radical (unpaired) electrons. The van der Waals surface area contributed by atoms with Crippen molar-refractivity contribution in [1.82, 2.24) is 4.72 Å². The summed E-state index contributed by atoms with van der Waals surface area (Å²) in [5.41, 5.74) is 1.03. The molecular formula is C11H15Cl2NO3S. The third-order valence-electron chi connectivity index (χ3n) is 2.48. The molecule has 0 spiro atoms. The highest BCUT2D eigenvalue weighted by Crippen LogP contribution is 2.33. The summed E-state index contributed by atoms with van der Waals surface area (Å²) in [7, 11) is -3.72. The quantitative estimate of drug-likeness (QED) is 0.820. The Morgan fingerprint density at radius 1 is 1.33 bits per heavy atom. The van der Waals surface area contributed by atoms with Crippen LogP contribution in [-0.2, 0) is 10.0 Å². The number of hydrogen-bond acceptors (Lipinski definition) is 3. The summed E-state index contributed by atoms with van der Waals surface area (Å²) in [4.78, 5) is 0.00658. The van der Waals surface area contributed by atoms with Gasteiger partial charge in [0.2, 0.25) is 10.0 Å². The molecule has 0 aliphatic heterocycles. The van der Waals surface area contributed by atoms with Crippen molar-refractivity contribution < 1.29 is 13.5 Å². The molecule has 18 heavy (non-hydrogen) atoms. The minimum Gasteiger partial charge on any atom is -0.396 e. The molecule has 0 fully saturated rings. The molecule has 1 aromatic carbocycles. The Labute approximate surface area is 117 Å².